The minimum Gasteiger partial charge on any atom is -0.399 e. The topological polar surface area (TPSA) is 56.0 Å². The lowest BCUT2D eigenvalue weighted by atomic mass is 9.82. The van der Waals surface area contributed by atoms with Gasteiger partial charge in [-0.1, -0.05) is 22.0 Å². The first-order chi connectivity index (χ1) is 9.66. The van der Waals surface area contributed by atoms with Gasteiger partial charge in [0.15, 0.2) is 5.78 Å². The zero-order valence-corrected chi connectivity index (χ0v) is 12.6. The molecule has 0 amide bonds. The number of Topliss-reactive ketones (excluding diaryl/α,β-unsaturated/α-hetero) is 1. The molecule has 1 aromatic carbocycles. The Morgan fingerprint density at radius 1 is 1.35 bits per heavy atom. The molecule has 1 unspecified atom stereocenters. The molecule has 4 heteroatoms. The Balaban J connectivity index is 2.02. The van der Waals surface area contributed by atoms with Crippen LogP contribution < -0.4 is 5.73 Å². The lowest BCUT2D eigenvalue weighted by Gasteiger charge is -2.23. The van der Waals surface area contributed by atoms with Crippen LogP contribution in [-0.2, 0) is 6.42 Å². The molecule has 0 spiro atoms. The number of carbonyl (C=O) groups excluding carboxylic acids is 1. The molecule has 1 aliphatic carbocycles. The molecule has 0 bridgehead atoms. The van der Waals surface area contributed by atoms with Crippen LogP contribution in [0.2, 0.25) is 0 Å². The first-order valence-corrected chi connectivity index (χ1v) is 7.49. The van der Waals surface area contributed by atoms with E-state index in [9.17, 15) is 4.79 Å². The molecular weight excluding hydrogens is 316 g/mol. The summed E-state index contributed by atoms with van der Waals surface area (Å²) in [4.78, 5) is 17.2. The number of pyridine rings is 1. The zero-order chi connectivity index (χ0) is 14.1. The number of aryl methyl sites for hydroxylation is 1. The predicted molar refractivity (Wildman–Crippen MR) is 82.8 cm³/mol. The average Bonchev–Trinajstić information content (AvgIpc) is 2.48. The highest BCUT2D eigenvalue weighted by Gasteiger charge is 2.29. The fourth-order valence-corrected chi connectivity index (χ4v) is 3.23. The third-order valence-corrected chi connectivity index (χ3v) is 4.46. The Bertz CT molecular complexity index is 669. The van der Waals surface area contributed by atoms with E-state index in [1.165, 1.54) is 5.56 Å². The number of hydrogen-bond donors (Lipinski definition) is 1. The van der Waals surface area contributed by atoms with Gasteiger partial charge in [-0.05, 0) is 49.1 Å². The van der Waals surface area contributed by atoms with Gasteiger partial charge in [-0.25, -0.2) is 0 Å². The van der Waals surface area contributed by atoms with Gasteiger partial charge >= 0.3 is 0 Å². The van der Waals surface area contributed by atoms with Gasteiger partial charge < -0.3 is 5.73 Å². The van der Waals surface area contributed by atoms with Gasteiger partial charge in [0, 0.05) is 21.9 Å². The second-order valence-electron chi connectivity index (χ2n) is 5.10. The number of nitrogen functional groups attached to an aromatic ring is 1. The van der Waals surface area contributed by atoms with E-state index in [4.69, 9.17) is 5.73 Å². The summed E-state index contributed by atoms with van der Waals surface area (Å²) in [5.74, 6) is -0.0538. The van der Waals surface area contributed by atoms with Gasteiger partial charge in [0.1, 0.15) is 0 Å². The van der Waals surface area contributed by atoms with Crippen LogP contribution in [0.4, 0.5) is 5.69 Å². The molecule has 2 N–H and O–H groups in total. The third kappa shape index (κ3) is 2.36. The van der Waals surface area contributed by atoms with Crippen molar-refractivity contribution in [2.75, 3.05) is 5.73 Å². The number of rotatable bonds is 2. The van der Waals surface area contributed by atoms with Crippen LogP contribution in [0.5, 0.6) is 0 Å². The highest BCUT2D eigenvalue weighted by Crippen LogP contribution is 2.34. The zero-order valence-electron chi connectivity index (χ0n) is 11.0. The molecule has 0 radical (unpaired) electrons. The van der Waals surface area contributed by atoms with Crippen molar-refractivity contribution in [1.29, 1.82) is 0 Å². The molecule has 0 saturated carbocycles. The summed E-state index contributed by atoms with van der Waals surface area (Å²) >= 11 is 3.44. The number of nitrogens with zero attached hydrogens (tertiary/aromatic N) is 1. The SMILES string of the molecule is Nc1ccc(Br)c(C(=O)C2CCCc3cccnc32)c1. The Kier molecular flexibility index (Phi) is 3.57. The molecule has 0 aliphatic heterocycles. The van der Waals surface area contributed by atoms with Crippen LogP contribution >= 0.6 is 15.9 Å². The van der Waals surface area contributed by atoms with Crippen LogP contribution in [0.3, 0.4) is 0 Å². The van der Waals surface area contributed by atoms with E-state index in [-0.39, 0.29) is 11.7 Å². The van der Waals surface area contributed by atoms with Crippen molar-refractivity contribution < 1.29 is 4.79 Å². The number of benzene rings is 1. The summed E-state index contributed by atoms with van der Waals surface area (Å²) in [6.45, 7) is 0. The molecule has 1 atom stereocenters. The molecule has 20 heavy (non-hydrogen) atoms. The van der Waals surface area contributed by atoms with E-state index in [0.29, 0.717) is 11.3 Å². The molecule has 1 heterocycles. The molecular formula is C16H15BrN2O. The molecule has 3 nitrogen and oxygen atoms in total. The summed E-state index contributed by atoms with van der Waals surface area (Å²) in [6, 6.07) is 9.35. The standard InChI is InChI=1S/C16H15BrN2O/c17-14-7-6-11(18)9-13(14)16(20)12-5-1-3-10-4-2-8-19-15(10)12/h2,4,6-9,12H,1,3,5,18H2. The van der Waals surface area contributed by atoms with Crippen molar-refractivity contribution >= 4 is 27.4 Å². The van der Waals surface area contributed by atoms with Gasteiger partial charge in [-0.15, -0.1) is 0 Å². The van der Waals surface area contributed by atoms with Crippen LogP contribution in [0.1, 0.15) is 40.4 Å². The van der Waals surface area contributed by atoms with E-state index < -0.39 is 0 Å². The lowest BCUT2D eigenvalue weighted by Crippen LogP contribution is -2.20. The number of halogens is 1. The number of carbonyl (C=O) groups is 1. The van der Waals surface area contributed by atoms with Gasteiger partial charge in [0.25, 0.3) is 0 Å². The summed E-state index contributed by atoms with van der Waals surface area (Å²) < 4.78 is 0.791. The minimum absolute atomic E-state index is 0.101. The van der Waals surface area contributed by atoms with Crippen molar-refractivity contribution in [2.24, 2.45) is 0 Å². The molecule has 2 aromatic rings. The Hall–Kier alpha value is -1.68. The molecule has 0 saturated heterocycles. The van der Waals surface area contributed by atoms with Gasteiger partial charge in [0.05, 0.1) is 11.6 Å². The smallest absolute Gasteiger partial charge is 0.173 e. The normalized spacial score (nSPS) is 17.6. The third-order valence-electron chi connectivity index (χ3n) is 3.77. The fraction of sp³-hybridized carbons (Fsp3) is 0.250. The summed E-state index contributed by atoms with van der Waals surface area (Å²) in [5, 5.41) is 0. The van der Waals surface area contributed by atoms with Gasteiger partial charge in [-0.3, -0.25) is 9.78 Å². The maximum atomic E-state index is 12.8. The quantitative estimate of drug-likeness (QED) is 0.674. The molecule has 1 aliphatic rings. The van der Waals surface area contributed by atoms with E-state index in [1.54, 1.807) is 18.3 Å². The second kappa shape index (κ2) is 5.37. The number of nitrogens with two attached hydrogens (primary N) is 1. The molecule has 102 valence electrons. The highest BCUT2D eigenvalue weighted by atomic mass is 79.9. The largest absolute Gasteiger partial charge is 0.399 e. The molecule has 1 aromatic heterocycles. The number of aromatic nitrogens is 1. The lowest BCUT2D eigenvalue weighted by molar-refractivity contribution is 0.0948. The maximum Gasteiger partial charge on any atom is 0.173 e. The van der Waals surface area contributed by atoms with Crippen LogP contribution in [-0.4, -0.2) is 10.8 Å². The average molecular weight is 331 g/mol. The fourth-order valence-electron chi connectivity index (χ4n) is 2.78. The monoisotopic (exact) mass is 330 g/mol. The summed E-state index contributed by atoms with van der Waals surface area (Å²) in [5.41, 5.74) is 9.17. The predicted octanol–water partition coefficient (Wildman–Crippen LogP) is 3.73. The number of ketones is 1. The van der Waals surface area contributed by atoms with Crippen LogP contribution in [0.25, 0.3) is 0 Å². The van der Waals surface area contributed by atoms with E-state index in [2.05, 4.69) is 27.0 Å². The Labute approximate surface area is 126 Å². The maximum absolute atomic E-state index is 12.8. The van der Waals surface area contributed by atoms with E-state index in [1.807, 2.05) is 12.1 Å². The second-order valence-corrected chi connectivity index (χ2v) is 5.95. The molecule has 0 fully saturated rings. The van der Waals surface area contributed by atoms with Gasteiger partial charge in [0.2, 0.25) is 0 Å². The first-order valence-electron chi connectivity index (χ1n) is 6.70. The van der Waals surface area contributed by atoms with E-state index >= 15 is 0 Å². The highest BCUT2D eigenvalue weighted by molar-refractivity contribution is 9.10. The number of fused-ring (bicyclic) bond motifs is 1. The number of anilines is 1. The Morgan fingerprint density at radius 2 is 2.20 bits per heavy atom. The first kappa shape index (κ1) is 13.3. The van der Waals surface area contributed by atoms with Gasteiger partial charge in [-0.2, -0.15) is 0 Å². The Morgan fingerprint density at radius 3 is 3.05 bits per heavy atom. The van der Waals surface area contributed by atoms with Crippen LogP contribution in [0.15, 0.2) is 41.0 Å². The summed E-state index contributed by atoms with van der Waals surface area (Å²) in [6.07, 6.45) is 4.64. The van der Waals surface area contributed by atoms with E-state index in [0.717, 1.165) is 29.4 Å². The van der Waals surface area contributed by atoms with Crippen LogP contribution in [0, 0.1) is 0 Å². The number of hydrogen-bond acceptors (Lipinski definition) is 3. The van der Waals surface area contributed by atoms with Crippen molar-refractivity contribution in [3.05, 3.63) is 57.8 Å². The molecule has 3 rings (SSSR count). The van der Waals surface area contributed by atoms with Crippen molar-refractivity contribution in [3.63, 3.8) is 0 Å². The minimum atomic E-state index is -0.155. The van der Waals surface area contributed by atoms with Crippen molar-refractivity contribution in [3.8, 4) is 0 Å². The summed E-state index contributed by atoms with van der Waals surface area (Å²) in [7, 11) is 0. The van der Waals surface area contributed by atoms with Crippen molar-refractivity contribution in [2.45, 2.75) is 25.2 Å². The van der Waals surface area contributed by atoms with Crippen molar-refractivity contribution in [1.82, 2.24) is 4.98 Å².